The second-order valence-electron chi connectivity index (χ2n) is 3.70. The van der Waals surface area contributed by atoms with Gasteiger partial charge in [-0.3, -0.25) is 4.79 Å². The fourth-order valence-electron chi connectivity index (χ4n) is 1.96. The summed E-state index contributed by atoms with van der Waals surface area (Å²) in [5, 5.41) is 8.95. The molecule has 1 heterocycles. The molecule has 16 heavy (non-hydrogen) atoms. The van der Waals surface area contributed by atoms with Crippen molar-refractivity contribution in [2.75, 3.05) is 19.6 Å². The molecular formula is C9H18N2O4S. The van der Waals surface area contributed by atoms with Gasteiger partial charge in [-0.15, -0.1) is 0 Å². The molecule has 0 aromatic carbocycles. The van der Waals surface area contributed by atoms with E-state index < -0.39 is 22.2 Å². The van der Waals surface area contributed by atoms with Crippen LogP contribution in [0.25, 0.3) is 0 Å². The van der Waals surface area contributed by atoms with Gasteiger partial charge in [0, 0.05) is 19.6 Å². The Morgan fingerprint density at radius 3 is 2.44 bits per heavy atom. The molecule has 1 rings (SSSR count). The molecule has 0 saturated carbocycles. The smallest absolute Gasteiger partial charge is 0.322 e. The highest BCUT2D eigenvalue weighted by molar-refractivity contribution is 7.86. The second kappa shape index (κ2) is 5.11. The van der Waals surface area contributed by atoms with Gasteiger partial charge in [-0.05, 0) is 12.8 Å². The number of carbonyl (C=O) groups is 1. The molecule has 0 amide bonds. The number of hydrogen-bond donors (Lipinski definition) is 1. The van der Waals surface area contributed by atoms with E-state index in [0.717, 1.165) is 4.31 Å². The fraction of sp³-hybridized carbons (Fsp3) is 0.889. The van der Waals surface area contributed by atoms with Crippen molar-refractivity contribution in [3.05, 3.63) is 0 Å². The molecule has 1 fully saturated rings. The van der Waals surface area contributed by atoms with Crippen LogP contribution < -0.4 is 0 Å². The van der Waals surface area contributed by atoms with Crippen molar-refractivity contribution in [1.82, 2.24) is 8.61 Å². The van der Waals surface area contributed by atoms with Crippen LogP contribution in [-0.2, 0) is 15.0 Å². The maximum Gasteiger partial charge on any atom is 0.322 e. The van der Waals surface area contributed by atoms with Crippen LogP contribution >= 0.6 is 0 Å². The van der Waals surface area contributed by atoms with E-state index in [-0.39, 0.29) is 0 Å². The Morgan fingerprint density at radius 1 is 1.44 bits per heavy atom. The summed E-state index contributed by atoms with van der Waals surface area (Å²) in [5.41, 5.74) is 0. The van der Waals surface area contributed by atoms with Crippen molar-refractivity contribution < 1.29 is 18.3 Å². The van der Waals surface area contributed by atoms with E-state index in [9.17, 15) is 13.2 Å². The number of carboxylic acids is 1. The zero-order chi connectivity index (χ0) is 12.3. The highest BCUT2D eigenvalue weighted by Gasteiger charge is 2.40. The van der Waals surface area contributed by atoms with Crippen LogP contribution in [0.1, 0.15) is 26.7 Å². The first-order valence-corrected chi connectivity index (χ1v) is 6.84. The average Bonchev–Trinajstić information content (AvgIpc) is 2.67. The van der Waals surface area contributed by atoms with Gasteiger partial charge in [0.1, 0.15) is 6.04 Å². The minimum atomic E-state index is -3.61. The van der Waals surface area contributed by atoms with E-state index in [4.69, 9.17) is 5.11 Å². The summed E-state index contributed by atoms with van der Waals surface area (Å²) >= 11 is 0. The van der Waals surface area contributed by atoms with Gasteiger partial charge in [0.25, 0.3) is 10.2 Å². The molecular weight excluding hydrogens is 232 g/mol. The van der Waals surface area contributed by atoms with Crippen molar-refractivity contribution in [1.29, 1.82) is 0 Å². The number of rotatable bonds is 5. The lowest BCUT2D eigenvalue weighted by molar-refractivity contribution is -0.140. The zero-order valence-electron chi connectivity index (χ0n) is 9.59. The summed E-state index contributed by atoms with van der Waals surface area (Å²) in [7, 11) is -3.61. The number of carboxylic acid groups (broad SMARTS) is 1. The van der Waals surface area contributed by atoms with Crippen LogP contribution in [0.4, 0.5) is 0 Å². The summed E-state index contributed by atoms with van der Waals surface area (Å²) in [5.74, 6) is -1.06. The highest BCUT2D eigenvalue weighted by Crippen LogP contribution is 2.23. The van der Waals surface area contributed by atoms with E-state index >= 15 is 0 Å². The molecule has 0 radical (unpaired) electrons. The van der Waals surface area contributed by atoms with Crippen LogP contribution in [0.5, 0.6) is 0 Å². The van der Waals surface area contributed by atoms with E-state index in [1.165, 1.54) is 4.31 Å². The third-order valence-electron chi connectivity index (χ3n) is 2.82. The lowest BCUT2D eigenvalue weighted by Crippen LogP contribution is -2.48. The van der Waals surface area contributed by atoms with Gasteiger partial charge in [0.2, 0.25) is 0 Å². The van der Waals surface area contributed by atoms with Crippen LogP contribution in [-0.4, -0.2) is 53.8 Å². The molecule has 1 saturated heterocycles. The Kier molecular flexibility index (Phi) is 4.28. The van der Waals surface area contributed by atoms with Crippen molar-refractivity contribution >= 4 is 16.2 Å². The lowest BCUT2D eigenvalue weighted by Gasteiger charge is -2.27. The fourth-order valence-corrected chi connectivity index (χ4v) is 3.79. The Bertz CT molecular complexity index is 351. The van der Waals surface area contributed by atoms with Gasteiger partial charge in [0.05, 0.1) is 0 Å². The first-order chi connectivity index (χ1) is 7.45. The maximum absolute atomic E-state index is 12.1. The SMILES string of the molecule is CCN(CC)S(=O)(=O)N1CCCC1C(=O)O. The molecule has 6 nitrogen and oxygen atoms in total. The van der Waals surface area contributed by atoms with Crippen LogP contribution in [0.3, 0.4) is 0 Å². The van der Waals surface area contributed by atoms with Crippen molar-refractivity contribution in [3.63, 3.8) is 0 Å². The zero-order valence-corrected chi connectivity index (χ0v) is 10.4. The Morgan fingerprint density at radius 2 is 2.00 bits per heavy atom. The third kappa shape index (κ3) is 2.36. The molecule has 0 aromatic rings. The van der Waals surface area contributed by atoms with Gasteiger partial charge in [-0.25, -0.2) is 0 Å². The molecule has 94 valence electrons. The number of nitrogens with zero attached hydrogens (tertiary/aromatic N) is 2. The normalized spacial score (nSPS) is 22.8. The first kappa shape index (κ1) is 13.4. The predicted octanol–water partition coefficient (Wildman–Crippen LogP) is 0.122. The van der Waals surface area contributed by atoms with E-state index in [1.807, 2.05) is 0 Å². The van der Waals surface area contributed by atoms with Crippen molar-refractivity contribution in [2.45, 2.75) is 32.7 Å². The van der Waals surface area contributed by atoms with Gasteiger partial charge >= 0.3 is 5.97 Å². The summed E-state index contributed by atoms with van der Waals surface area (Å²) in [6, 6.07) is -0.898. The molecule has 1 atom stereocenters. The van der Waals surface area contributed by atoms with Crippen LogP contribution in [0.2, 0.25) is 0 Å². The molecule has 0 aliphatic carbocycles. The largest absolute Gasteiger partial charge is 0.480 e. The van der Waals surface area contributed by atoms with Gasteiger partial charge in [-0.2, -0.15) is 17.0 Å². The number of hydrogen-bond acceptors (Lipinski definition) is 3. The molecule has 1 N–H and O–H groups in total. The van der Waals surface area contributed by atoms with E-state index in [0.29, 0.717) is 32.5 Å². The summed E-state index contributed by atoms with van der Waals surface area (Å²) in [4.78, 5) is 10.9. The Balaban J connectivity index is 2.94. The topological polar surface area (TPSA) is 77.9 Å². The number of aliphatic carboxylic acids is 1. The lowest BCUT2D eigenvalue weighted by atomic mass is 10.2. The molecule has 7 heteroatoms. The summed E-state index contributed by atoms with van der Waals surface area (Å²) < 4.78 is 26.6. The predicted molar refractivity (Wildman–Crippen MR) is 59.2 cm³/mol. The molecule has 1 aliphatic rings. The standard InChI is InChI=1S/C9H18N2O4S/c1-3-10(4-2)16(14,15)11-7-5-6-8(11)9(12)13/h8H,3-7H2,1-2H3,(H,12,13). The summed E-state index contributed by atoms with van der Waals surface area (Å²) in [6.07, 6.45) is 1.01. The van der Waals surface area contributed by atoms with Gasteiger partial charge < -0.3 is 5.11 Å². The van der Waals surface area contributed by atoms with Crippen molar-refractivity contribution in [2.24, 2.45) is 0 Å². The third-order valence-corrected chi connectivity index (χ3v) is 5.02. The quantitative estimate of drug-likeness (QED) is 0.752. The highest BCUT2D eigenvalue weighted by atomic mass is 32.2. The van der Waals surface area contributed by atoms with Gasteiger partial charge in [0.15, 0.2) is 0 Å². The minimum Gasteiger partial charge on any atom is -0.480 e. The molecule has 1 unspecified atom stereocenters. The van der Waals surface area contributed by atoms with Gasteiger partial charge in [-0.1, -0.05) is 13.8 Å². The van der Waals surface area contributed by atoms with E-state index in [2.05, 4.69) is 0 Å². The van der Waals surface area contributed by atoms with Crippen molar-refractivity contribution in [3.8, 4) is 0 Å². The van der Waals surface area contributed by atoms with Crippen LogP contribution in [0.15, 0.2) is 0 Å². The second-order valence-corrected chi connectivity index (χ2v) is 5.58. The molecule has 0 spiro atoms. The monoisotopic (exact) mass is 250 g/mol. The minimum absolute atomic E-state index is 0.301. The average molecular weight is 250 g/mol. The van der Waals surface area contributed by atoms with Crippen LogP contribution in [0, 0.1) is 0 Å². The van der Waals surface area contributed by atoms with E-state index in [1.54, 1.807) is 13.8 Å². The first-order valence-electron chi connectivity index (χ1n) is 5.44. The maximum atomic E-state index is 12.1. The molecule has 1 aliphatic heterocycles. The Labute approximate surface area is 96.0 Å². The summed E-state index contributed by atoms with van der Waals surface area (Å²) in [6.45, 7) is 4.51. The Hall–Kier alpha value is -0.660. The molecule has 0 aromatic heterocycles. The molecule has 0 bridgehead atoms.